The second-order valence-electron chi connectivity index (χ2n) is 7.74. The number of hydrogen-bond acceptors (Lipinski definition) is 4. The fraction of sp³-hybridized carbons (Fsp3) is 0.391. The highest BCUT2D eigenvalue weighted by Gasteiger charge is 2.19. The Balaban J connectivity index is 1.69. The number of nitrogens with zero attached hydrogens (tertiary/aromatic N) is 3. The highest BCUT2D eigenvalue weighted by Crippen LogP contribution is 2.24. The molecule has 0 aliphatic carbocycles. The van der Waals surface area contributed by atoms with E-state index in [1.807, 2.05) is 30.3 Å². The molecule has 1 fully saturated rings. The van der Waals surface area contributed by atoms with E-state index in [2.05, 4.69) is 36.3 Å². The molecule has 1 aromatic carbocycles. The van der Waals surface area contributed by atoms with Gasteiger partial charge in [-0.1, -0.05) is 31.5 Å². The van der Waals surface area contributed by atoms with Gasteiger partial charge >= 0.3 is 0 Å². The molecule has 5 nitrogen and oxygen atoms in total. The third-order valence-corrected chi connectivity index (χ3v) is 5.51. The first-order valence-electron chi connectivity index (χ1n) is 10.2. The van der Waals surface area contributed by atoms with Gasteiger partial charge in [0.1, 0.15) is 5.65 Å². The Labute approximate surface area is 166 Å². The molecule has 0 amide bonds. The van der Waals surface area contributed by atoms with Crippen molar-refractivity contribution in [1.82, 2.24) is 14.3 Å². The molecule has 1 atom stereocenters. The molecule has 1 N–H and O–H groups in total. The van der Waals surface area contributed by atoms with Crippen LogP contribution in [0.5, 0.6) is 0 Å². The third kappa shape index (κ3) is 3.80. The quantitative estimate of drug-likeness (QED) is 0.711. The van der Waals surface area contributed by atoms with E-state index >= 15 is 0 Å². The number of aryl methyl sites for hydroxylation is 1. The highest BCUT2D eigenvalue weighted by molar-refractivity contribution is 5.69. The van der Waals surface area contributed by atoms with Crippen LogP contribution < -0.4 is 10.9 Å². The number of pyridine rings is 1. The molecular weight excluding hydrogens is 348 g/mol. The molecule has 0 saturated carbocycles. The molecule has 4 rings (SSSR count). The Kier molecular flexibility index (Phi) is 5.44. The first kappa shape index (κ1) is 18.7. The number of likely N-dealkylation sites (tertiary alicyclic amines) is 1. The van der Waals surface area contributed by atoms with Crippen molar-refractivity contribution in [1.29, 1.82) is 0 Å². The summed E-state index contributed by atoms with van der Waals surface area (Å²) < 4.78 is 1.64. The minimum atomic E-state index is 0.00910. The number of rotatable bonds is 6. The van der Waals surface area contributed by atoms with E-state index < -0.39 is 0 Å². The van der Waals surface area contributed by atoms with Gasteiger partial charge in [-0.25, -0.2) is 4.98 Å². The van der Waals surface area contributed by atoms with Crippen LogP contribution in [0.1, 0.15) is 31.9 Å². The van der Waals surface area contributed by atoms with Gasteiger partial charge in [0.2, 0.25) is 0 Å². The number of hydrogen-bond donors (Lipinski definition) is 1. The summed E-state index contributed by atoms with van der Waals surface area (Å²) in [6, 6.07) is 14.4. The van der Waals surface area contributed by atoms with Crippen molar-refractivity contribution in [2.75, 3.05) is 25.5 Å². The van der Waals surface area contributed by atoms with Gasteiger partial charge in [-0.3, -0.25) is 9.20 Å². The maximum Gasteiger partial charge on any atom is 0.265 e. The minimum absolute atomic E-state index is 0.00910. The minimum Gasteiger partial charge on any atom is -0.381 e. The Bertz CT molecular complexity index is 1010. The molecule has 3 heterocycles. The lowest BCUT2D eigenvalue weighted by atomic mass is 10.0. The monoisotopic (exact) mass is 376 g/mol. The number of benzene rings is 1. The van der Waals surface area contributed by atoms with Gasteiger partial charge in [-0.15, -0.1) is 0 Å². The topological polar surface area (TPSA) is 49.6 Å². The van der Waals surface area contributed by atoms with E-state index in [1.54, 1.807) is 10.6 Å². The summed E-state index contributed by atoms with van der Waals surface area (Å²) in [5, 5.41) is 3.60. The van der Waals surface area contributed by atoms with Crippen LogP contribution in [0.25, 0.3) is 16.8 Å². The van der Waals surface area contributed by atoms with Crippen molar-refractivity contribution < 1.29 is 0 Å². The lowest BCUT2D eigenvalue weighted by molar-refractivity contribution is 0.414. The second-order valence-corrected chi connectivity index (χ2v) is 7.74. The average Bonchev–Trinajstić information content (AvgIpc) is 3.12. The summed E-state index contributed by atoms with van der Waals surface area (Å²) in [5.41, 5.74) is 4.39. The summed E-state index contributed by atoms with van der Waals surface area (Å²) in [6.07, 6.45) is 5.88. The fourth-order valence-electron chi connectivity index (χ4n) is 3.97. The molecule has 2 aromatic heterocycles. The SMILES string of the molecule is CCCCc1nc2ccccn2c(=O)c1-c1ccc(NC2CCN(C)C2)cc1. The molecule has 146 valence electrons. The van der Waals surface area contributed by atoms with Crippen LogP contribution in [0.4, 0.5) is 5.69 Å². The molecule has 0 bridgehead atoms. The molecule has 1 aliphatic rings. The number of anilines is 1. The predicted molar refractivity (Wildman–Crippen MR) is 115 cm³/mol. The van der Waals surface area contributed by atoms with E-state index in [0.29, 0.717) is 11.7 Å². The van der Waals surface area contributed by atoms with Crippen molar-refractivity contribution in [3.8, 4) is 11.1 Å². The molecule has 28 heavy (non-hydrogen) atoms. The molecule has 0 radical (unpaired) electrons. The van der Waals surface area contributed by atoms with E-state index in [9.17, 15) is 4.79 Å². The van der Waals surface area contributed by atoms with Gasteiger partial charge in [0, 0.05) is 24.5 Å². The van der Waals surface area contributed by atoms with Crippen molar-refractivity contribution in [2.24, 2.45) is 0 Å². The van der Waals surface area contributed by atoms with Crippen LogP contribution in [0.3, 0.4) is 0 Å². The summed E-state index contributed by atoms with van der Waals surface area (Å²) in [4.78, 5) is 20.4. The molecule has 0 spiro atoms. The Morgan fingerprint density at radius 1 is 1.18 bits per heavy atom. The van der Waals surface area contributed by atoms with Gasteiger partial charge in [0.15, 0.2) is 0 Å². The maximum absolute atomic E-state index is 13.2. The fourth-order valence-corrected chi connectivity index (χ4v) is 3.97. The second kappa shape index (κ2) is 8.15. The van der Waals surface area contributed by atoms with Crippen molar-refractivity contribution in [3.63, 3.8) is 0 Å². The first-order chi connectivity index (χ1) is 13.7. The molecule has 5 heteroatoms. The summed E-state index contributed by atoms with van der Waals surface area (Å²) in [5.74, 6) is 0. The van der Waals surface area contributed by atoms with Gasteiger partial charge in [0.25, 0.3) is 5.56 Å². The number of fused-ring (bicyclic) bond motifs is 1. The third-order valence-electron chi connectivity index (χ3n) is 5.51. The van der Waals surface area contributed by atoms with E-state index in [-0.39, 0.29) is 5.56 Å². The maximum atomic E-state index is 13.2. The number of likely N-dealkylation sites (N-methyl/N-ethyl adjacent to an activating group) is 1. The molecule has 1 aliphatic heterocycles. The number of nitrogens with one attached hydrogen (secondary N) is 1. The lowest BCUT2D eigenvalue weighted by Crippen LogP contribution is -2.23. The first-order valence-corrected chi connectivity index (χ1v) is 10.2. The van der Waals surface area contributed by atoms with E-state index in [4.69, 9.17) is 4.98 Å². The van der Waals surface area contributed by atoms with Gasteiger partial charge in [-0.05, 0) is 62.7 Å². The molecule has 3 aromatic rings. The van der Waals surface area contributed by atoms with Gasteiger partial charge in [0.05, 0.1) is 11.3 Å². The smallest absolute Gasteiger partial charge is 0.265 e. The zero-order valence-corrected chi connectivity index (χ0v) is 16.7. The average molecular weight is 377 g/mol. The van der Waals surface area contributed by atoms with Crippen molar-refractivity contribution >= 4 is 11.3 Å². The van der Waals surface area contributed by atoms with Crippen LogP contribution in [0, 0.1) is 0 Å². The van der Waals surface area contributed by atoms with E-state index in [0.717, 1.165) is 61.3 Å². The highest BCUT2D eigenvalue weighted by atomic mass is 16.1. The molecule has 1 unspecified atom stereocenters. The largest absolute Gasteiger partial charge is 0.381 e. The van der Waals surface area contributed by atoms with Crippen molar-refractivity contribution in [3.05, 3.63) is 64.7 Å². The zero-order chi connectivity index (χ0) is 19.5. The van der Waals surface area contributed by atoms with Crippen LogP contribution in [0.2, 0.25) is 0 Å². The van der Waals surface area contributed by atoms with Gasteiger partial charge < -0.3 is 10.2 Å². The summed E-state index contributed by atoms with van der Waals surface area (Å²) >= 11 is 0. The zero-order valence-electron chi connectivity index (χ0n) is 16.7. The van der Waals surface area contributed by atoms with Gasteiger partial charge in [-0.2, -0.15) is 0 Å². The normalized spacial score (nSPS) is 17.3. The Morgan fingerprint density at radius 3 is 2.71 bits per heavy atom. The molecule has 1 saturated heterocycles. The van der Waals surface area contributed by atoms with Crippen LogP contribution >= 0.6 is 0 Å². The van der Waals surface area contributed by atoms with Crippen LogP contribution in [-0.4, -0.2) is 40.5 Å². The van der Waals surface area contributed by atoms with E-state index in [1.165, 1.54) is 0 Å². The predicted octanol–water partition coefficient (Wildman–Crippen LogP) is 3.82. The van der Waals surface area contributed by atoms with Crippen LogP contribution in [0.15, 0.2) is 53.5 Å². The number of unbranched alkanes of at least 4 members (excludes halogenated alkanes) is 1. The Morgan fingerprint density at radius 2 is 2.00 bits per heavy atom. The van der Waals surface area contributed by atoms with Crippen LogP contribution in [-0.2, 0) is 6.42 Å². The summed E-state index contributed by atoms with van der Waals surface area (Å²) in [7, 11) is 2.16. The summed E-state index contributed by atoms with van der Waals surface area (Å²) in [6.45, 7) is 4.36. The molecular formula is C23H28N4O. The standard InChI is InChI=1S/C23H28N4O/c1-3-4-7-20-22(23(28)27-14-6-5-8-21(27)25-20)17-9-11-18(12-10-17)24-19-13-15-26(2)16-19/h5-6,8-12,14,19,24H,3-4,7,13,15-16H2,1-2H3. The Hall–Kier alpha value is -2.66. The lowest BCUT2D eigenvalue weighted by Gasteiger charge is -2.15. The van der Waals surface area contributed by atoms with Crippen molar-refractivity contribution in [2.45, 2.75) is 38.6 Å². The number of aromatic nitrogens is 2.